The van der Waals surface area contributed by atoms with Gasteiger partial charge < -0.3 is 10.2 Å². The molecule has 1 rings (SSSR count). The normalized spacial score (nSPS) is 17.6. The van der Waals surface area contributed by atoms with Crippen molar-refractivity contribution in [2.75, 3.05) is 46.0 Å². The molecule has 8 heteroatoms. The number of carbonyl (C=O) groups excluding carboxylic acids is 1. The highest BCUT2D eigenvalue weighted by Crippen LogP contribution is 2.21. The zero-order valence-electron chi connectivity index (χ0n) is 12.5. The molecule has 1 aliphatic rings. The number of piperidine rings is 1. The third kappa shape index (κ3) is 5.20. The average Bonchev–Trinajstić information content (AvgIpc) is 2.44. The summed E-state index contributed by atoms with van der Waals surface area (Å²) in [6.45, 7) is 4.03. The first-order chi connectivity index (χ1) is 8.92. The van der Waals surface area contributed by atoms with E-state index in [1.807, 2.05) is 7.05 Å². The molecule has 120 valence electrons. The van der Waals surface area contributed by atoms with Gasteiger partial charge in [-0.05, 0) is 26.8 Å². The van der Waals surface area contributed by atoms with Crippen molar-refractivity contribution in [3.8, 4) is 0 Å². The molecule has 1 heterocycles. The number of carbonyl (C=O) groups is 1. The van der Waals surface area contributed by atoms with Crippen LogP contribution in [0.15, 0.2) is 0 Å². The number of hydrogen-bond donors (Lipinski definition) is 1. The lowest BCUT2D eigenvalue weighted by Gasteiger charge is -2.32. The maximum absolute atomic E-state index is 12.2. The zero-order valence-corrected chi connectivity index (χ0v) is 14.1. The Labute approximate surface area is 128 Å². The first kappa shape index (κ1) is 19.6. The number of hydrogen-bond acceptors (Lipinski definition) is 4. The topological polar surface area (TPSA) is 69.7 Å². The van der Waals surface area contributed by atoms with Crippen molar-refractivity contribution in [2.24, 2.45) is 5.92 Å². The van der Waals surface area contributed by atoms with E-state index in [0.717, 1.165) is 6.54 Å². The van der Waals surface area contributed by atoms with Crippen LogP contribution >= 0.6 is 12.4 Å². The quantitative estimate of drug-likeness (QED) is 0.754. The molecule has 0 bridgehead atoms. The summed E-state index contributed by atoms with van der Waals surface area (Å²) in [7, 11) is 0.548. The lowest BCUT2D eigenvalue weighted by atomic mass is 9.97. The van der Waals surface area contributed by atoms with E-state index in [4.69, 9.17) is 0 Å². The fourth-order valence-electron chi connectivity index (χ4n) is 2.26. The molecule has 0 radical (unpaired) electrons. The Bertz CT molecular complexity index is 395. The molecular formula is C12H26ClN3O3S. The SMILES string of the molecule is CCS(=O)(=O)N1CCC(C(=O)N(C)CCNC)CC1.Cl. The van der Waals surface area contributed by atoms with E-state index in [2.05, 4.69) is 5.32 Å². The van der Waals surface area contributed by atoms with Crippen LogP contribution < -0.4 is 5.32 Å². The van der Waals surface area contributed by atoms with Gasteiger partial charge in [0.05, 0.1) is 5.75 Å². The smallest absolute Gasteiger partial charge is 0.225 e. The van der Waals surface area contributed by atoms with Crippen molar-refractivity contribution in [3.63, 3.8) is 0 Å². The number of nitrogens with one attached hydrogen (secondary N) is 1. The van der Waals surface area contributed by atoms with Crippen molar-refractivity contribution < 1.29 is 13.2 Å². The average molecular weight is 328 g/mol. The van der Waals surface area contributed by atoms with Crippen molar-refractivity contribution in [3.05, 3.63) is 0 Å². The van der Waals surface area contributed by atoms with Gasteiger partial charge >= 0.3 is 0 Å². The lowest BCUT2D eigenvalue weighted by Crippen LogP contribution is -2.44. The number of nitrogens with zero attached hydrogens (tertiary/aromatic N) is 2. The molecule has 1 fully saturated rings. The summed E-state index contributed by atoms with van der Waals surface area (Å²) < 4.78 is 25.0. The number of likely N-dealkylation sites (N-methyl/N-ethyl adjacent to an activating group) is 2. The van der Waals surface area contributed by atoms with Gasteiger partial charge in [-0.1, -0.05) is 0 Å². The van der Waals surface area contributed by atoms with Crippen LogP contribution in [-0.4, -0.2) is 69.6 Å². The van der Waals surface area contributed by atoms with E-state index >= 15 is 0 Å². The van der Waals surface area contributed by atoms with Crippen LogP contribution in [0.25, 0.3) is 0 Å². The Hall–Kier alpha value is -0.370. The van der Waals surface area contributed by atoms with Gasteiger partial charge in [0.15, 0.2) is 0 Å². The van der Waals surface area contributed by atoms with E-state index in [1.54, 1.807) is 18.9 Å². The Kier molecular flexibility index (Phi) is 8.65. The Morgan fingerprint density at radius 1 is 1.35 bits per heavy atom. The van der Waals surface area contributed by atoms with E-state index in [-0.39, 0.29) is 30.0 Å². The standard InChI is InChI=1S/C12H25N3O3S.ClH/c1-4-19(17,18)15-8-5-11(6-9-15)12(16)14(3)10-7-13-2;/h11,13H,4-10H2,1-3H3;1H. The number of halogens is 1. The largest absolute Gasteiger partial charge is 0.344 e. The van der Waals surface area contributed by atoms with E-state index < -0.39 is 10.0 Å². The first-order valence-corrected chi connectivity index (χ1v) is 8.40. The number of rotatable bonds is 6. The third-order valence-electron chi connectivity index (χ3n) is 3.63. The minimum atomic E-state index is -3.11. The first-order valence-electron chi connectivity index (χ1n) is 6.79. The summed E-state index contributed by atoms with van der Waals surface area (Å²) in [5.41, 5.74) is 0. The fourth-order valence-corrected chi connectivity index (χ4v) is 3.40. The number of amides is 1. The van der Waals surface area contributed by atoms with Gasteiger partial charge in [-0.15, -0.1) is 12.4 Å². The molecule has 1 aliphatic heterocycles. The van der Waals surface area contributed by atoms with Gasteiger partial charge in [0, 0.05) is 39.1 Å². The van der Waals surface area contributed by atoms with Crippen LogP contribution in [0.1, 0.15) is 19.8 Å². The van der Waals surface area contributed by atoms with E-state index in [1.165, 1.54) is 4.31 Å². The van der Waals surface area contributed by atoms with Gasteiger partial charge in [0.2, 0.25) is 15.9 Å². The van der Waals surface area contributed by atoms with Gasteiger partial charge in [-0.3, -0.25) is 4.79 Å². The molecule has 1 amide bonds. The molecule has 20 heavy (non-hydrogen) atoms. The second-order valence-electron chi connectivity index (χ2n) is 4.94. The summed E-state index contributed by atoms with van der Waals surface area (Å²) in [4.78, 5) is 13.9. The lowest BCUT2D eigenvalue weighted by molar-refractivity contribution is -0.135. The zero-order chi connectivity index (χ0) is 14.5. The van der Waals surface area contributed by atoms with Crippen molar-refractivity contribution in [1.29, 1.82) is 0 Å². The minimum absolute atomic E-state index is 0. The van der Waals surface area contributed by atoms with Crippen molar-refractivity contribution in [1.82, 2.24) is 14.5 Å². The summed E-state index contributed by atoms with van der Waals surface area (Å²) >= 11 is 0. The van der Waals surface area contributed by atoms with Crippen LogP contribution in [0.5, 0.6) is 0 Å². The highest BCUT2D eigenvalue weighted by atomic mass is 35.5. The van der Waals surface area contributed by atoms with Crippen molar-refractivity contribution in [2.45, 2.75) is 19.8 Å². The van der Waals surface area contributed by atoms with Gasteiger partial charge in [0.1, 0.15) is 0 Å². The maximum atomic E-state index is 12.2. The molecule has 0 aromatic rings. The Balaban J connectivity index is 0.00000361. The molecule has 0 aliphatic carbocycles. The molecule has 0 aromatic carbocycles. The highest BCUT2D eigenvalue weighted by molar-refractivity contribution is 7.89. The summed E-state index contributed by atoms with van der Waals surface area (Å²) in [5, 5.41) is 3.01. The molecule has 0 unspecified atom stereocenters. The van der Waals surface area contributed by atoms with Crippen LogP contribution in [0, 0.1) is 5.92 Å². The fraction of sp³-hybridized carbons (Fsp3) is 0.917. The summed E-state index contributed by atoms with van der Waals surface area (Å²) in [6, 6.07) is 0. The van der Waals surface area contributed by atoms with Gasteiger partial charge in [0.25, 0.3) is 0 Å². The maximum Gasteiger partial charge on any atom is 0.225 e. The second-order valence-corrected chi connectivity index (χ2v) is 7.19. The van der Waals surface area contributed by atoms with Crippen LogP contribution in [0.2, 0.25) is 0 Å². The number of sulfonamides is 1. The molecule has 1 saturated heterocycles. The Morgan fingerprint density at radius 2 is 1.90 bits per heavy atom. The van der Waals surface area contributed by atoms with Crippen LogP contribution in [-0.2, 0) is 14.8 Å². The third-order valence-corrected chi connectivity index (χ3v) is 5.52. The summed E-state index contributed by atoms with van der Waals surface area (Å²) in [6.07, 6.45) is 1.25. The molecular weight excluding hydrogens is 302 g/mol. The molecule has 6 nitrogen and oxygen atoms in total. The van der Waals surface area contributed by atoms with E-state index in [0.29, 0.717) is 32.5 Å². The van der Waals surface area contributed by atoms with Crippen LogP contribution in [0.4, 0.5) is 0 Å². The Morgan fingerprint density at radius 3 is 2.35 bits per heavy atom. The monoisotopic (exact) mass is 327 g/mol. The van der Waals surface area contributed by atoms with Gasteiger partial charge in [-0.25, -0.2) is 12.7 Å². The van der Waals surface area contributed by atoms with Gasteiger partial charge in [-0.2, -0.15) is 0 Å². The predicted octanol–water partition coefficient (Wildman–Crippen LogP) is 0.148. The van der Waals surface area contributed by atoms with Crippen molar-refractivity contribution >= 4 is 28.3 Å². The predicted molar refractivity (Wildman–Crippen MR) is 82.6 cm³/mol. The molecule has 0 saturated carbocycles. The summed E-state index contributed by atoms with van der Waals surface area (Å²) in [5.74, 6) is 0.224. The highest BCUT2D eigenvalue weighted by Gasteiger charge is 2.31. The van der Waals surface area contributed by atoms with Crippen LogP contribution in [0.3, 0.4) is 0 Å². The minimum Gasteiger partial charge on any atom is -0.344 e. The van der Waals surface area contributed by atoms with E-state index in [9.17, 15) is 13.2 Å². The molecule has 0 spiro atoms. The molecule has 1 N–H and O–H groups in total. The molecule has 0 atom stereocenters. The second kappa shape index (κ2) is 8.81. The molecule has 0 aromatic heterocycles.